The molecule has 1 fully saturated rings. The normalized spacial score (nSPS) is 20.1. The lowest BCUT2D eigenvalue weighted by molar-refractivity contribution is 0.425. The Labute approximate surface area is 50.3 Å². The first-order chi connectivity index (χ1) is 3.67. The van der Waals surface area contributed by atoms with Crippen molar-refractivity contribution in [1.82, 2.24) is 0 Å². The molecule has 0 radical (unpaired) electrons. The molecule has 0 spiro atoms. The predicted octanol–water partition coefficient (Wildman–Crippen LogP) is 1.95. The molecular weight excluding hydrogens is 98.1 g/mol. The van der Waals surface area contributed by atoms with Crippen LogP contribution in [-0.4, -0.2) is 0 Å². The first-order valence-corrected chi connectivity index (χ1v) is 3.08. The fourth-order valence-electron chi connectivity index (χ4n) is 0.896. The molecule has 44 valence electrons. The zero-order valence-electron chi connectivity index (χ0n) is 5.44. The molecule has 0 aromatic rings. The summed E-state index contributed by atoms with van der Waals surface area (Å²) in [6.45, 7) is 4.04. The van der Waals surface area contributed by atoms with Crippen LogP contribution in [0, 0.1) is 22.7 Å². The van der Waals surface area contributed by atoms with Crippen molar-refractivity contribution >= 4 is 0 Å². The molecule has 0 atom stereocenters. The van der Waals surface area contributed by atoms with Gasteiger partial charge in [-0.05, 0) is 32.6 Å². The van der Waals surface area contributed by atoms with E-state index in [0.29, 0.717) is 5.92 Å². The van der Waals surface area contributed by atoms with Crippen molar-refractivity contribution in [1.29, 1.82) is 5.26 Å². The highest BCUT2D eigenvalue weighted by Gasteiger charge is 2.37. The summed E-state index contributed by atoms with van der Waals surface area (Å²) in [4.78, 5) is 0. The summed E-state index contributed by atoms with van der Waals surface area (Å²) in [5, 5.41) is 8.55. The van der Waals surface area contributed by atoms with Gasteiger partial charge in [-0.15, -0.1) is 0 Å². The van der Waals surface area contributed by atoms with Gasteiger partial charge in [0.1, 0.15) is 0 Å². The Morgan fingerprint density at radius 3 is 2.12 bits per heavy atom. The molecule has 0 bridgehead atoms. The summed E-state index contributed by atoms with van der Waals surface area (Å²) < 4.78 is 0. The predicted molar refractivity (Wildman–Crippen MR) is 32.1 cm³/mol. The average Bonchev–Trinajstić information content (AvgIpc) is 2.44. The van der Waals surface area contributed by atoms with Gasteiger partial charge >= 0.3 is 0 Å². The Kier molecular flexibility index (Phi) is 1.04. The fraction of sp³-hybridized carbons (Fsp3) is 0.857. The second kappa shape index (κ2) is 1.48. The molecule has 1 saturated carbocycles. The van der Waals surface area contributed by atoms with Crippen LogP contribution in [0.3, 0.4) is 0 Å². The van der Waals surface area contributed by atoms with Crippen molar-refractivity contribution in [3.8, 4) is 6.07 Å². The van der Waals surface area contributed by atoms with E-state index >= 15 is 0 Å². The van der Waals surface area contributed by atoms with Gasteiger partial charge in [-0.2, -0.15) is 5.26 Å². The lowest BCUT2D eigenvalue weighted by Crippen LogP contribution is -2.09. The van der Waals surface area contributed by atoms with Crippen molar-refractivity contribution in [2.24, 2.45) is 11.3 Å². The minimum absolute atomic E-state index is 0.0417. The van der Waals surface area contributed by atoms with Crippen molar-refractivity contribution in [3.63, 3.8) is 0 Å². The summed E-state index contributed by atoms with van der Waals surface area (Å²) >= 11 is 0. The van der Waals surface area contributed by atoms with Gasteiger partial charge in [-0.3, -0.25) is 0 Å². The molecular formula is C7H11N. The summed E-state index contributed by atoms with van der Waals surface area (Å²) in [6, 6.07) is 2.30. The zero-order valence-corrected chi connectivity index (χ0v) is 5.44. The van der Waals surface area contributed by atoms with E-state index < -0.39 is 0 Å². The van der Waals surface area contributed by atoms with Gasteiger partial charge in [0.25, 0.3) is 0 Å². The summed E-state index contributed by atoms with van der Waals surface area (Å²) in [5.41, 5.74) is -0.0417. The highest BCUT2D eigenvalue weighted by atomic mass is 14.4. The lowest BCUT2D eigenvalue weighted by Gasteiger charge is -2.11. The highest BCUT2D eigenvalue weighted by molar-refractivity contribution is 5.01. The zero-order chi connectivity index (χ0) is 6.20. The van der Waals surface area contributed by atoms with Gasteiger partial charge in [0.15, 0.2) is 0 Å². The van der Waals surface area contributed by atoms with Crippen molar-refractivity contribution in [2.75, 3.05) is 0 Å². The lowest BCUT2D eigenvalue weighted by atomic mass is 9.90. The number of hydrogen-bond donors (Lipinski definition) is 0. The van der Waals surface area contributed by atoms with E-state index in [0.717, 1.165) is 0 Å². The summed E-state index contributed by atoms with van der Waals surface area (Å²) in [6.07, 6.45) is 2.53. The number of nitriles is 1. The molecule has 1 heteroatoms. The van der Waals surface area contributed by atoms with Crippen LogP contribution in [-0.2, 0) is 0 Å². The van der Waals surface area contributed by atoms with E-state index in [1.807, 2.05) is 13.8 Å². The van der Waals surface area contributed by atoms with Crippen LogP contribution >= 0.6 is 0 Å². The third kappa shape index (κ3) is 0.838. The molecule has 0 unspecified atom stereocenters. The SMILES string of the molecule is CC(C)(C#N)C1CC1. The van der Waals surface area contributed by atoms with Crippen molar-refractivity contribution in [3.05, 3.63) is 0 Å². The quantitative estimate of drug-likeness (QED) is 0.505. The number of nitrogens with zero attached hydrogens (tertiary/aromatic N) is 1. The van der Waals surface area contributed by atoms with E-state index in [4.69, 9.17) is 5.26 Å². The molecule has 1 nitrogen and oxygen atoms in total. The van der Waals surface area contributed by atoms with Gasteiger partial charge in [-0.25, -0.2) is 0 Å². The monoisotopic (exact) mass is 109 g/mol. The minimum Gasteiger partial charge on any atom is -0.198 e. The van der Waals surface area contributed by atoms with Crippen LogP contribution < -0.4 is 0 Å². The third-order valence-corrected chi connectivity index (χ3v) is 1.89. The molecule has 0 saturated heterocycles. The molecule has 0 N–H and O–H groups in total. The second-order valence-corrected chi connectivity index (χ2v) is 3.11. The minimum atomic E-state index is -0.0417. The fourth-order valence-corrected chi connectivity index (χ4v) is 0.896. The van der Waals surface area contributed by atoms with E-state index in [1.165, 1.54) is 12.8 Å². The molecule has 8 heavy (non-hydrogen) atoms. The molecule has 1 aliphatic rings. The Bertz CT molecular complexity index is 126. The van der Waals surface area contributed by atoms with E-state index in [1.54, 1.807) is 0 Å². The topological polar surface area (TPSA) is 23.8 Å². The second-order valence-electron chi connectivity index (χ2n) is 3.11. The van der Waals surface area contributed by atoms with Crippen LogP contribution in [0.15, 0.2) is 0 Å². The van der Waals surface area contributed by atoms with Gasteiger partial charge in [-0.1, -0.05) is 0 Å². The first kappa shape index (κ1) is 5.62. The van der Waals surface area contributed by atoms with E-state index in [9.17, 15) is 0 Å². The van der Waals surface area contributed by atoms with Crippen LogP contribution in [0.1, 0.15) is 26.7 Å². The number of hydrogen-bond acceptors (Lipinski definition) is 1. The Hall–Kier alpha value is -0.510. The van der Waals surface area contributed by atoms with Gasteiger partial charge in [0.2, 0.25) is 0 Å². The molecule has 0 aliphatic heterocycles. The van der Waals surface area contributed by atoms with E-state index in [-0.39, 0.29) is 5.41 Å². The van der Waals surface area contributed by atoms with Crippen LogP contribution in [0.5, 0.6) is 0 Å². The molecule has 0 amide bonds. The summed E-state index contributed by atoms with van der Waals surface area (Å²) in [7, 11) is 0. The third-order valence-electron chi connectivity index (χ3n) is 1.89. The molecule has 0 heterocycles. The maximum Gasteiger partial charge on any atom is 0.0686 e. The summed E-state index contributed by atoms with van der Waals surface area (Å²) in [5.74, 6) is 0.701. The molecule has 1 rings (SSSR count). The average molecular weight is 109 g/mol. The molecule has 0 aromatic heterocycles. The van der Waals surface area contributed by atoms with Crippen LogP contribution in [0.25, 0.3) is 0 Å². The molecule has 1 aliphatic carbocycles. The Morgan fingerprint density at radius 1 is 1.50 bits per heavy atom. The molecule has 0 aromatic carbocycles. The smallest absolute Gasteiger partial charge is 0.0686 e. The van der Waals surface area contributed by atoms with Gasteiger partial charge < -0.3 is 0 Å². The Morgan fingerprint density at radius 2 is 2.00 bits per heavy atom. The van der Waals surface area contributed by atoms with Gasteiger partial charge in [0, 0.05) is 0 Å². The van der Waals surface area contributed by atoms with Crippen LogP contribution in [0.2, 0.25) is 0 Å². The first-order valence-electron chi connectivity index (χ1n) is 3.08. The maximum atomic E-state index is 8.55. The Balaban J connectivity index is 2.53. The maximum absolute atomic E-state index is 8.55. The van der Waals surface area contributed by atoms with Crippen LogP contribution in [0.4, 0.5) is 0 Å². The van der Waals surface area contributed by atoms with E-state index in [2.05, 4.69) is 6.07 Å². The van der Waals surface area contributed by atoms with Crippen molar-refractivity contribution < 1.29 is 0 Å². The van der Waals surface area contributed by atoms with Gasteiger partial charge in [0.05, 0.1) is 11.5 Å². The highest BCUT2D eigenvalue weighted by Crippen LogP contribution is 2.44. The number of rotatable bonds is 1. The standard InChI is InChI=1S/C7H11N/c1-7(2,5-8)6-3-4-6/h6H,3-4H2,1-2H3. The van der Waals surface area contributed by atoms with Crippen molar-refractivity contribution in [2.45, 2.75) is 26.7 Å². The largest absolute Gasteiger partial charge is 0.198 e.